The Labute approximate surface area is 70.8 Å². The van der Waals surface area contributed by atoms with Crippen LogP contribution in [0, 0.1) is 0 Å². The zero-order valence-corrected chi connectivity index (χ0v) is 7.11. The summed E-state index contributed by atoms with van der Waals surface area (Å²) < 4.78 is 4.48. The van der Waals surface area contributed by atoms with Gasteiger partial charge in [0.05, 0.1) is 19.6 Å². The number of rotatable bonds is 2. The second-order valence-electron chi connectivity index (χ2n) is 2.66. The first-order chi connectivity index (χ1) is 5.65. The fraction of sp³-hybridized carbons (Fsp3) is 0.500. The molecule has 0 spiro atoms. The molecule has 1 atom stereocenters. The van der Waals surface area contributed by atoms with E-state index in [0.29, 0.717) is 0 Å². The van der Waals surface area contributed by atoms with E-state index in [-0.39, 0.29) is 24.3 Å². The number of carbonyl (C=O) groups is 2. The van der Waals surface area contributed by atoms with Crippen molar-refractivity contribution >= 4 is 11.9 Å². The van der Waals surface area contributed by atoms with Gasteiger partial charge in [0.15, 0.2) is 0 Å². The molecular formula is C8H11NO3. The van der Waals surface area contributed by atoms with Crippen molar-refractivity contribution in [2.45, 2.75) is 12.5 Å². The molecule has 4 heteroatoms. The number of nitrogens with zero attached hydrogens (tertiary/aromatic N) is 1. The van der Waals surface area contributed by atoms with Crippen LogP contribution in [0.5, 0.6) is 0 Å². The predicted octanol–water partition coefficient (Wildman–Crippen LogP) is -0.0537. The number of likely N-dealkylation sites (N-methyl/N-ethyl adjacent to an activating group) is 1. The van der Waals surface area contributed by atoms with Gasteiger partial charge in [-0.15, -0.1) is 0 Å². The third-order valence-corrected chi connectivity index (χ3v) is 1.91. The van der Waals surface area contributed by atoms with Gasteiger partial charge in [0, 0.05) is 13.1 Å². The monoisotopic (exact) mass is 169 g/mol. The molecule has 1 aliphatic rings. The Hall–Kier alpha value is -1.32. The minimum absolute atomic E-state index is 0.0658. The maximum Gasteiger partial charge on any atom is 0.307 e. The van der Waals surface area contributed by atoms with Crippen LogP contribution in [0.15, 0.2) is 12.2 Å². The summed E-state index contributed by atoms with van der Waals surface area (Å²) in [5, 5.41) is 0. The summed E-state index contributed by atoms with van der Waals surface area (Å²) >= 11 is 0. The van der Waals surface area contributed by atoms with Crippen LogP contribution in [0.3, 0.4) is 0 Å². The second kappa shape index (κ2) is 3.38. The van der Waals surface area contributed by atoms with Crippen molar-refractivity contribution in [3.05, 3.63) is 12.2 Å². The largest absolute Gasteiger partial charge is 0.469 e. The Morgan fingerprint density at radius 3 is 2.83 bits per heavy atom. The molecule has 0 bridgehead atoms. The van der Waals surface area contributed by atoms with Crippen LogP contribution in [0.2, 0.25) is 0 Å². The molecule has 66 valence electrons. The molecule has 0 saturated carbocycles. The van der Waals surface area contributed by atoms with Gasteiger partial charge in [-0.25, -0.2) is 0 Å². The lowest BCUT2D eigenvalue weighted by molar-refractivity contribution is -0.141. The molecule has 12 heavy (non-hydrogen) atoms. The van der Waals surface area contributed by atoms with Gasteiger partial charge in [-0.2, -0.15) is 0 Å². The standard InChI is InChI=1S/C8H11NO3/c1-9-6(3-4-7(9)10)5-8(11)12-2/h3-4,6H,5H2,1-2H3/t6-/m1/s1. The second-order valence-corrected chi connectivity index (χ2v) is 2.66. The third-order valence-electron chi connectivity index (χ3n) is 1.91. The van der Waals surface area contributed by atoms with Crippen LogP contribution < -0.4 is 0 Å². The highest BCUT2D eigenvalue weighted by molar-refractivity contribution is 5.91. The Bertz CT molecular complexity index is 234. The summed E-state index contributed by atoms with van der Waals surface area (Å²) in [6, 6.07) is -0.134. The number of hydrogen-bond acceptors (Lipinski definition) is 3. The molecule has 0 radical (unpaired) electrons. The number of esters is 1. The smallest absolute Gasteiger partial charge is 0.307 e. The van der Waals surface area contributed by atoms with Crippen molar-refractivity contribution < 1.29 is 14.3 Å². The highest BCUT2D eigenvalue weighted by Gasteiger charge is 2.24. The SMILES string of the molecule is COC(=O)C[C@H]1C=CC(=O)N1C. The Kier molecular flexibility index (Phi) is 2.47. The summed E-state index contributed by atoms with van der Waals surface area (Å²) in [6.07, 6.45) is 3.40. The lowest BCUT2D eigenvalue weighted by atomic mass is 10.2. The maximum absolute atomic E-state index is 10.9. The van der Waals surface area contributed by atoms with E-state index in [1.54, 1.807) is 13.1 Å². The highest BCUT2D eigenvalue weighted by atomic mass is 16.5. The van der Waals surface area contributed by atoms with E-state index in [0.717, 1.165) is 0 Å². The zero-order valence-electron chi connectivity index (χ0n) is 7.11. The Morgan fingerprint density at radius 1 is 1.75 bits per heavy atom. The van der Waals surface area contributed by atoms with Crippen LogP contribution in [-0.4, -0.2) is 37.0 Å². The van der Waals surface area contributed by atoms with Gasteiger partial charge in [0.1, 0.15) is 0 Å². The van der Waals surface area contributed by atoms with E-state index in [1.807, 2.05) is 0 Å². The van der Waals surface area contributed by atoms with Gasteiger partial charge in [0.25, 0.3) is 0 Å². The van der Waals surface area contributed by atoms with Crippen LogP contribution in [0.4, 0.5) is 0 Å². The topological polar surface area (TPSA) is 46.6 Å². The van der Waals surface area contributed by atoms with Gasteiger partial charge in [-0.1, -0.05) is 6.08 Å². The van der Waals surface area contributed by atoms with Gasteiger partial charge < -0.3 is 9.64 Å². The van der Waals surface area contributed by atoms with Crippen molar-refractivity contribution in [1.29, 1.82) is 0 Å². The number of carbonyl (C=O) groups excluding carboxylic acids is 2. The Balaban J connectivity index is 2.50. The highest BCUT2D eigenvalue weighted by Crippen LogP contribution is 2.11. The zero-order chi connectivity index (χ0) is 9.14. The van der Waals surface area contributed by atoms with E-state index in [2.05, 4.69) is 4.74 Å². The number of methoxy groups -OCH3 is 1. The maximum atomic E-state index is 10.9. The van der Waals surface area contributed by atoms with E-state index >= 15 is 0 Å². The first-order valence-corrected chi connectivity index (χ1v) is 3.67. The molecule has 0 aliphatic carbocycles. The van der Waals surface area contributed by atoms with Crippen molar-refractivity contribution in [3.8, 4) is 0 Å². The molecule has 0 fully saturated rings. The number of hydrogen-bond donors (Lipinski definition) is 0. The number of ether oxygens (including phenoxy) is 1. The molecule has 1 aliphatic heterocycles. The van der Waals surface area contributed by atoms with E-state index in [1.165, 1.54) is 18.1 Å². The molecule has 0 aromatic heterocycles. The van der Waals surface area contributed by atoms with E-state index in [4.69, 9.17) is 0 Å². The Morgan fingerprint density at radius 2 is 2.42 bits per heavy atom. The summed E-state index contributed by atoms with van der Waals surface area (Å²) in [4.78, 5) is 23.3. The third kappa shape index (κ3) is 1.64. The van der Waals surface area contributed by atoms with Crippen molar-refractivity contribution in [2.75, 3.05) is 14.2 Å². The van der Waals surface area contributed by atoms with Gasteiger partial charge >= 0.3 is 5.97 Å². The van der Waals surface area contributed by atoms with Crippen molar-refractivity contribution in [2.24, 2.45) is 0 Å². The quantitative estimate of drug-likeness (QED) is 0.544. The van der Waals surface area contributed by atoms with Crippen LogP contribution in [0.25, 0.3) is 0 Å². The average molecular weight is 169 g/mol. The van der Waals surface area contributed by atoms with Crippen LogP contribution in [-0.2, 0) is 14.3 Å². The normalized spacial score (nSPS) is 21.7. The minimum Gasteiger partial charge on any atom is -0.469 e. The van der Waals surface area contributed by atoms with Crippen LogP contribution in [0.1, 0.15) is 6.42 Å². The molecular weight excluding hydrogens is 158 g/mol. The van der Waals surface area contributed by atoms with Gasteiger partial charge in [0.2, 0.25) is 5.91 Å². The summed E-state index contributed by atoms with van der Waals surface area (Å²) in [6.45, 7) is 0. The summed E-state index contributed by atoms with van der Waals surface area (Å²) in [5.74, 6) is -0.366. The molecule has 0 aromatic rings. The van der Waals surface area contributed by atoms with Crippen molar-refractivity contribution in [3.63, 3.8) is 0 Å². The molecule has 0 aromatic carbocycles. The van der Waals surface area contributed by atoms with Crippen LogP contribution >= 0.6 is 0 Å². The average Bonchev–Trinajstić information content (AvgIpc) is 2.36. The predicted molar refractivity (Wildman–Crippen MR) is 42.3 cm³/mol. The lowest BCUT2D eigenvalue weighted by Gasteiger charge is -2.17. The summed E-state index contributed by atoms with van der Waals surface area (Å²) in [5.41, 5.74) is 0. The summed E-state index contributed by atoms with van der Waals surface area (Å²) in [7, 11) is 3.00. The molecule has 0 N–H and O–H groups in total. The van der Waals surface area contributed by atoms with E-state index < -0.39 is 0 Å². The molecule has 1 rings (SSSR count). The van der Waals surface area contributed by atoms with Gasteiger partial charge in [-0.05, 0) is 0 Å². The first-order valence-electron chi connectivity index (χ1n) is 3.67. The fourth-order valence-electron chi connectivity index (χ4n) is 1.06. The van der Waals surface area contributed by atoms with Gasteiger partial charge in [-0.3, -0.25) is 9.59 Å². The molecule has 0 saturated heterocycles. The number of amides is 1. The molecule has 4 nitrogen and oxygen atoms in total. The first kappa shape index (κ1) is 8.77. The minimum atomic E-state index is -0.300. The molecule has 0 unspecified atom stereocenters. The van der Waals surface area contributed by atoms with E-state index in [9.17, 15) is 9.59 Å². The molecule has 1 heterocycles. The molecule has 1 amide bonds. The lowest BCUT2D eigenvalue weighted by Crippen LogP contribution is -2.31. The van der Waals surface area contributed by atoms with Crippen molar-refractivity contribution in [1.82, 2.24) is 4.90 Å². The fourth-order valence-corrected chi connectivity index (χ4v) is 1.06.